The fourth-order valence-corrected chi connectivity index (χ4v) is 4.97. The number of esters is 1. The number of piperidine rings is 1. The molecule has 3 aliphatic rings. The zero-order valence-corrected chi connectivity index (χ0v) is 14.7. The van der Waals surface area contributed by atoms with Gasteiger partial charge in [-0.1, -0.05) is 43.7 Å². The van der Waals surface area contributed by atoms with E-state index < -0.39 is 0 Å². The van der Waals surface area contributed by atoms with Gasteiger partial charge in [-0.2, -0.15) is 0 Å². The normalized spacial score (nSPS) is 39.3. The molecule has 6 atom stereocenters. The molecule has 3 heterocycles. The van der Waals surface area contributed by atoms with E-state index in [0.717, 1.165) is 22.9 Å². The second-order valence-electron chi connectivity index (χ2n) is 7.87. The van der Waals surface area contributed by atoms with Gasteiger partial charge >= 0.3 is 5.97 Å². The molecule has 3 fully saturated rings. The van der Waals surface area contributed by atoms with E-state index >= 15 is 0 Å². The Hall–Kier alpha value is -1.39. The second kappa shape index (κ2) is 6.16. The van der Waals surface area contributed by atoms with Crippen molar-refractivity contribution in [2.24, 2.45) is 0 Å². The van der Waals surface area contributed by atoms with Crippen molar-refractivity contribution in [2.45, 2.75) is 69.4 Å². The molecule has 3 aliphatic heterocycles. The van der Waals surface area contributed by atoms with Gasteiger partial charge in [0.1, 0.15) is 30.4 Å². The van der Waals surface area contributed by atoms with E-state index in [9.17, 15) is 4.79 Å². The molecule has 0 saturated carbocycles. The highest BCUT2D eigenvalue weighted by atomic mass is 16.6. The highest BCUT2D eigenvalue weighted by Crippen LogP contribution is 2.52. The zero-order valence-electron chi connectivity index (χ0n) is 14.7. The van der Waals surface area contributed by atoms with Gasteiger partial charge in [0.25, 0.3) is 0 Å². The number of epoxide rings is 1. The number of hydrogen-bond acceptors (Lipinski definition) is 3. The number of ether oxygens (including phenoxy) is 2. The summed E-state index contributed by atoms with van der Waals surface area (Å²) in [6, 6.07) is 10.9. The Morgan fingerprint density at radius 3 is 2.50 bits per heavy atom. The third-order valence-electron chi connectivity index (χ3n) is 6.33. The van der Waals surface area contributed by atoms with Crippen molar-refractivity contribution in [3.8, 4) is 0 Å². The van der Waals surface area contributed by atoms with Crippen LogP contribution >= 0.6 is 0 Å². The molecular weight excluding hydrogens is 302 g/mol. The molecule has 1 aromatic rings. The summed E-state index contributed by atoms with van der Waals surface area (Å²) in [6.07, 6.45) is 5.68. The smallest absolute Gasteiger partial charge is 0.310 e. The summed E-state index contributed by atoms with van der Waals surface area (Å²) in [6.45, 7) is 3.48. The first-order valence-electron chi connectivity index (χ1n) is 9.35. The van der Waals surface area contributed by atoms with Gasteiger partial charge in [0.2, 0.25) is 0 Å². The first-order valence-corrected chi connectivity index (χ1v) is 9.35. The predicted octanol–water partition coefficient (Wildman–Crippen LogP) is 2.70. The number of benzene rings is 1. The van der Waals surface area contributed by atoms with E-state index in [1.54, 1.807) is 0 Å². The first-order chi connectivity index (χ1) is 11.6. The van der Waals surface area contributed by atoms with Gasteiger partial charge < -0.3 is 14.0 Å². The Kier molecular flexibility index (Phi) is 4.13. The quantitative estimate of drug-likeness (QED) is 0.457. The number of carbonyl (C=O) groups is 1. The average Bonchev–Trinajstić information content (AvgIpc) is 3.32. The lowest BCUT2D eigenvalue weighted by Crippen LogP contribution is -2.62. The maximum Gasteiger partial charge on any atom is 0.310 e. The van der Waals surface area contributed by atoms with Crippen LogP contribution in [0, 0.1) is 0 Å². The highest BCUT2D eigenvalue weighted by Gasteiger charge is 2.71. The van der Waals surface area contributed by atoms with E-state index in [0.29, 0.717) is 30.7 Å². The maximum atomic E-state index is 12.3. The van der Waals surface area contributed by atoms with Crippen molar-refractivity contribution in [2.75, 3.05) is 13.6 Å². The molecule has 1 aromatic carbocycles. The molecule has 0 spiro atoms. The molecule has 2 bridgehead atoms. The van der Waals surface area contributed by atoms with Crippen LogP contribution in [0.2, 0.25) is 0 Å². The molecule has 3 saturated heterocycles. The van der Waals surface area contributed by atoms with Gasteiger partial charge in [0.15, 0.2) is 0 Å². The Labute approximate surface area is 144 Å². The number of nitrogens with zero attached hydrogens (tertiary/aromatic N) is 1. The van der Waals surface area contributed by atoms with E-state index in [2.05, 4.69) is 14.0 Å². The summed E-state index contributed by atoms with van der Waals surface area (Å²) in [7, 11) is 2.39. The predicted molar refractivity (Wildman–Crippen MR) is 91.5 cm³/mol. The van der Waals surface area contributed by atoms with Crippen molar-refractivity contribution >= 4 is 5.97 Å². The lowest BCUT2D eigenvalue weighted by Gasteiger charge is -2.48. The minimum Gasteiger partial charge on any atom is -0.462 e. The summed E-state index contributed by atoms with van der Waals surface area (Å²) in [5.41, 5.74) is 1.02. The Bertz CT molecular complexity index is 584. The molecule has 0 N–H and O–H groups in total. The highest BCUT2D eigenvalue weighted by molar-refractivity contribution is 5.72. The number of likely N-dealkylation sites (N-methyl/N-ethyl adjacent to an activating group) is 1. The molecule has 2 unspecified atom stereocenters. The molecular formula is C20H28NO3+. The van der Waals surface area contributed by atoms with Gasteiger partial charge in [-0.15, -0.1) is 0 Å². The standard InChI is InChI=1S/C20H28NO3/c1-3-4-10-21(2)16-12-15(13-17(21)20-19(16)24-20)23-18(22)11-14-8-6-5-7-9-14/h5-9,15-17,19-20H,3-4,10-13H2,1-2H3/q+1/t15?,16-,17+,19-,20+,21?. The number of morpholine rings is 1. The number of hydrogen-bond donors (Lipinski definition) is 0. The van der Waals surface area contributed by atoms with Crippen LogP contribution in [0.1, 0.15) is 38.2 Å². The van der Waals surface area contributed by atoms with Crippen molar-refractivity contribution in [1.29, 1.82) is 0 Å². The molecule has 0 aliphatic carbocycles. The number of unbranched alkanes of at least 4 members (excludes halogenated alkanes) is 1. The minimum atomic E-state index is -0.0927. The van der Waals surface area contributed by atoms with E-state index in [1.165, 1.54) is 19.4 Å². The van der Waals surface area contributed by atoms with Gasteiger partial charge in [-0.25, -0.2) is 0 Å². The lowest BCUT2D eigenvalue weighted by atomic mass is 9.95. The summed E-state index contributed by atoms with van der Waals surface area (Å²) < 4.78 is 12.9. The summed E-state index contributed by atoms with van der Waals surface area (Å²) in [5.74, 6) is -0.0927. The number of quaternary nitrogens is 1. The third-order valence-corrected chi connectivity index (χ3v) is 6.33. The van der Waals surface area contributed by atoms with Crippen LogP contribution in [0.15, 0.2) is 30.3 Å². The van der Waals surface area contributed by atoms with Gasteiger partial charge in [-0.05, 0) is 12.0 Å². The fourth-order valence-electron chi connectivity index (χ4n) is 4.97. The van der Waals surface area contributed by atoms with Crippen molar-refractivity contribution in [1.82, 2.24) is 0 Å². The molecule has 0 amide bonds. The molecule has 130 valence electrons. The van der Waals surface area contributed by atoms with Crippen LogP contribution in [0.3, 0.4) is 0 Å². The average molecular weight is 330 g/mol. The minimum absolute atomic E-state index is 0.0699. The monoisotopic (exact) mass is 330 g/mol. The fraction of sp³-hybridized carbons (Fsp3) is 0.650. The molecule has 0 aromatic heterocycles. The summed E-state index contributed by atoms with van der Waals surface area (Å²) >= 11 is 0. The molecule has 24 heavy (non-hydrogen) atoms. The maximum absolute atomic E-state index is 12.3. The van der Waals surface area contributed by atoms with Crippen LogP contribution < -0.4 is 0 Å². The summed E-state index contributed by atoms with van der Waals surface area (Å²) in [5, 5.41) is 0. The molecule has 0 radical (unpaired) electrons. The Balaban J connectivity index is 1.37. The van der Waals surface area contributed by atoms with E-state index in [-0.39, 0.29) is 12.1 Å². The van der Waals surface area contributed by atoms with Crippen LogP contribution in [0.25, 0.3) is 0 Å². The first kappa shape index (κ1) is 16.1. The van der Waals surface area contributed by atoms with Gasteiger partial charge in [0, 0.05) is 12.8 Å². The van der Waals surface area contributed by atoms with Crippen molar-refractivity contribution in [3.63, 3.8) is 0 Å². The van der Waals surface area contributed by atoms with Crippen LogP contribution in [0.4, 0.5) is 0 Å². The topological polar surface area (TPSA) is 38.8 Å². The van der Waals surface area contributed by atoms with Gasteiger partial charge in [-0.3, -0.25) is 4.79 Å². The third kappa shape index (κ3) is 2.76. The van der Waals surface area contributed by atoms with Gasteiger partial charge in [0.05, 0.1) is 20.0 Å². The second-order valence-corrected chi connectivity index (χ2v) is 7.87. The van der Waals surface area contributed by atoms with E-state index in [1.807, 2.05) is 30.3 Å². The number of fused-ring (bicyclic) bond motifs is 5. The van der Waals surface area contributed by atoms with Crippen molar-refractivity contribution in [3.05, 3.63) is 35.9 Å². The lowest BCUT2D eigenvalue weighted by molar-refractivity contribution is -0.956. The summed E-state index contributed by atoms with van der Waals surface area (Å²) in [4.78, 5) is 12.3. The van der Waals surface area contributed by atoms with E-state index in [4.69, 9.17) is 9.47 Å². The molecule has 4 nitrogen and oxygen atoms in total. The molecule has 4 rings (SSSR count). The Morgan fingerprint density at radius 2 is 1.88 bits per heavy atom. The zero-order chi connectivity index (χ0) is 16.7. The van der Waals surface area contributed by atoms with Crippen LogP contribution in [-0.2, 0) is 20.7 Å². The Morgan fingerprint density at radius 1 is 1.21 bits per heavy atom. The van der Waals surface area contributed by atoms with Crippen molar-refractivity contribution < 1.29 is 18.8 Å². The van der Waals surface area contributed by atoms with Crippen LogP contribution in [0.5, 0.6) is 0 Å². The largest absolute Gasteiger partial charge is 0.462 e. The molecule has 4 heteroatoms. The van der Waals surface area contributed by atoms with Crippen LogP contribution in [-0.4, -0.2) is 54.4 Å². The number of carbonyl (C=O) groups excluding carboxylic acids is 1. The SMILES string of the molecule is CCCC[N+]1(C)[C@@H]2CC(OC(=O)Cc3ccccc3)C[C@H]1[C@@H]1O[C@@H]12. The number of rotatable bonds is 6.